The van der Waals surface area contributed by atoms with Crippen LogP contribution in [0.25, 0.3) is 0 Å². The summed E-state index contributed by atoms with van der Waals surface area (Å²) in [4.78, 5) is 5.23. The van der Waals surface area contributed by atoms with Gasteiger partial charge in [0.2, 0.25) is 0 Å². The van der Waals surface area contributed by atoms with Crippen molar-refractivity contribution >= 4 is 17.3 Å². The quantitative estimate of drug-likeness (QED) is 0.767. The number of piperidine rings is 1. The first kappa shape index (κ1) is 12.3. The summed E-state index contributed by atoms with van der Waals surface area (Å²) in [6, 6.07) is 9.65. The molecule has 0 bridgehead atoms. The number of hydrogen-bond donors (Lipinski definition) is 0. The second-order valence-electron chi connectivity index (χ2n) is 5.62. The lowest BCUT2D eigenvalue weighted by molar-refractivity contribution is 0.115. The van der Waals surface area contributed by atoms with Crippen LogP contribution in [0, 0.1) is 0 Å². The minimum Gasteiger partial charge on any atom is -0.366 e. The molecule has 3 heteroatoms. The molecule has 18 heavy (non-hydrogen) atoms. The lowest BCUT2D eigenvalue weighted by Crippen LogP contribution is -2.58. The van der Waals surface area contributed by atoms with E-state index >= 15 is 0 Å². The average molecular weight is 265 g/mol. The van der Waals surface area contributed by atoms with Crippen LogP contribution >= 0.6 is 11.6 Å². The largest absolute Gasteiger partial charge is 0.366 e. The van der Waals surface area contributed by atoms with Gasteiger partial charge in [-0.2, -0.15) is 0 Å². The van der Waals surface area contributed by atoms with Gasteiger partial charge in [-0.05, 0) is 50.6 Å². The maximum Gasteiger partial charge on any atom is 0.0407 e. The molecule has 2 aliphatic heterocycles. The highest BCUT2D eigenvalue weighted by atomic mass is 35.5. The van der Waals surface area contributed by atoms with Gasteiger partial charge in [0.05, 0.1) is 0 Å². The van der Waals surface area contributed by atoms with Gasteiger partial charge < -0.3 is 4.90 Å². The van der Waals surface area contributed by atoms with Gasteiger partial charge >= 0.3 is 0 Å². The number of nitrogens with zero attached hydrogens (tertiary/aromatic N) is 2. The third kappa shape index (κ3) is 2.36. The summed E-state index contributed by atoms with van der Waals surface area (Å²) in [6.07, 6.45) is 4.13. The van der Waals surface area contributed by atoms with E-state index in [0.717, 1.165) is 11.1 Å². The van der Waals surface area contributed by atoms with E-state index in [0.29, 0.717) is 6.04 Å². The number of anilines is 1. The summed E-state index contributed by atoms with van der Waals surface area (Å²) < 4.78 is 0. The molecule has 1 aromatic carbocycles. The first-order chi connectivity index (χ1) is 8.74. The minimum atomic E-state index is 0.598. The number of benzene rings is 1. The highest BCUT2D eigenvalue weighted by Gasteiger charge is 2.32. The zero-order valence-corrected chi connectivity index (χ0v) is 11.7. The Morgan fingerprint density at radius 3 is 2.67 bits per heavy atom. The molecule has 0 radical (unpaired) electrons. The molecule has 0 N–H and O–H groups in total. The van der Waals surface area contributed by atoms with E-state index in [1.807, 2.05) is 12.1 Å². The van der Waals surface area contributed by atoms with E-state index < -0.39 is 0 Å². The zero-order valence-electron chi connectivity index (χ0n) is 11.0. The molecular formula is C15H21ClN2. The van der Waals surface area contributed by atoms with Crippen LogP contribution in [-0.2, 0) is 0 Å². The molecular weight excluding hydrogens is 244 g/mol. The van der Waals surface area contributed by atoms with Crippen molar-refractivity contribution in [3.63, 3.8) is 0 Å². The van der Waals surface area contributed by atoms with E-state index in [9.17, 15) is 0 Å². The fourth-order valence-electron chi connectivity index (χ4n) is 3.34. The Morgan fingerprint density at radius 2 is 1.89 bits per heavy atom. The molecule has 2 unspecified atom stereocenters. The summed E-state index contributed by atoms with van der Waals surface area (Å²) in [6.45, 7) is 6.00. The second kappa shape index (κ2) is 5.10. The normalized spacial score (nSPS) is 29.1. The summed E-state index contributed by atoms with van der Waals surface area (Å²) in [5.41, 5.74) is 1.32. The van der Waals surface area contributed by atoms with Crippen LogP contribution in [0.2, 0.25) is 5.02 Å². The maximum atomic E-state index is 5.97. The van der Waals surface area contributed by atoms with Crippen molar-refractivity contribution < 1.29 is 0 Å². The van der Waals surface area contributed by atoms with Crippen molar-refractivity contribution in [1.82, 2.24) is 4.90 Å². The van der Waals surface area contributed by atoms with E-state index in [4.69, 9.17) is 11.6 Å². The van der Waals surface area contributed by atoms with Crippen molar-refractivity contribution in [3.05, 3.63) is 29.3 Å². The standard InChI is InChI=1S/C15H21ClN2/c1-12-10-17-9-3-2-4-15(17)11-18(12)14-7-5-13(16)6-8-14/h5-8,12,15H,2-4,9-11H2,1H3. The smallest absolute Gasteiger partial charge is 0.0407 e. The number of piperazine rings is 1. The molecule has 98 valence electrons. The van der Waals surface area contributed by atoms with Crippen LogP contribution in [0.1, 0.15) is 26.2 Å². The van der Waals surface area contributed by atoms with Gasteiger partial charge in [-0.1, -0.05) is 18.0 Å². The van der Waals surface area contributed by atoms with Crippen LogP contribution in [0.3, 0.4) is 0 Å². The maximum absolute atomic E-state index is 5.97. The van der Waals surface area contributed by atoms with Crippen LogP contribution in [-0.4, -0.2) is 36.6 Å². The number of rotatable bonds is 1. The second-order valence-corrected chi connectivity index (χ2v) is 6.06. The molecule has 0 aromatic heterocycles. The van der Waals surface area contributed by atoms with Gasteiger partial charge in [-0.15, -0.1) is 0 Å². The van der Waals surface area contributed by atoms with Crippen molar-refractivity contribution in [1.29, 1.82) is 0 Å². The summed E-state index contributed by atoms with van der Waals surface area (Å²) in [7, 11) is 0. The topological polar surface area (TPSA) is 6.48 Å². The molecule has 1 aromatic rings. The first-order valence-corrected chi connectivity index (χ1v) is 7.38. The molecule has 0 saturated carbocycles. The molecule has 2 nitrogen and oxygen atoms in total. The van der Waals surface area contributed by atoms with Crippen molar-refractivity contribution in [2.45, 2.75) is 38.3 Å². The first-order valence-electron chi connectivity index (χ1n) is 7.00. The van der Waals surface area contributed by atoms with Gasteiger partial charge in [-0.3, -0.25) is 4.90 Å². The summed E-state index contributed by atoms with van der Waals surface area (Å²) in [5, 5.41) is 0.822. The molecule has 0 amide bonds. The molecule has 3 rings (SSSR count). The van der Waals surface area contributed by atoms with E-state index in [1.165, 1.54) is 44.6 Å². The highest BCUT2D eigenvalue weighted by Crippen LogP contribution is 2.28. The summed E-state index contributed by atoms with van der Waals surface area (Å²) >= 11 is 5.97. The Kier molecular flexibility index (Phi) is 3.49. The monoisotopic (exact) mass is 264 g/mol. The van der Waals surface area contributed by atoms with E-state index in [1.54, 1.807) is 0 Å². The number of fused-ring (bicyclic) bond motifs is 1. The third-order valence-electron chi connectivity index (χ3n) is 4.35. The van der Waals surface area contributed by atoms with Crippen molar-refractivity contribution in [2.75, 3.05) is 24.5 Å². The Hall–Kier alpha value is -0.730. The van der Waals surface area contributed by atoms with Gasteiger partial charge in [0.15, 0.2) is 0 Å². The molecule has 2 heterocycles. The third-order valence-corrected chi connectivity index (χ3v) is 4.60. The highest BCUT2D eigenvalue weighted by molar-refractivity contribution is 6.30. The van der Waals surface area contributed by atoms with Crippen LogP contribution in [0.4, 0.5) is 5.69 Å². The fraction of sp³-hybridized carbons (Fsp3) is 0.600. The van der Waals surface area contributed by atoms with Crippen molar-refractivity contribution in [3.8, 4) is 0 Å². The van der Waals surface area contributed by atoms with Crippen LogP contribution in [0.5, 0.6) is 0 Å². The predicted octanol–water partition coefficient (Wildman–Crippen LogP) is 3.40. The Bertz CT molecular complexity index is 403. The fourth-order valence-corrected chi connectivity index (χ4v) is 3.47. The SMILES string of the molecule is CC1CN2CCCCC2CN1c1ccc(Cl)cc1. The predicted molar refractivity (Wildman–Crippen MR) is 77.5 cm³/mol. The Balaban J connectivity index is 1.77. The van der Waals surface area contributed by atoms with Gasteiger partial charge in [0.25, 0.3) is 0 Å². The molecule has 2 fully saturated rings. The lowest BCUT2D eigenvalue weighted by Gasteiger charge is -2.48. The Labute approximate surface area is 115 Å². The summed E-state index contributed by atoms with van der Waals surface area (Å²) in [5.74, 6) is 0. The van der Waals surface area contributed by atoms with E-state index in [-0.39, 0.29) is 0 Å². The minimum absolute atomic E-state index is 0.598. The Morgan fingerprint density at radius 1 is 1.11 bits per heavy atom. The lowest BCUT2D eigenvalue weighted by atomic mass is 9.96. The number of halogens is 1. The molecule has 2 atom stereocenters. The van der Waals surface area contributed by atoms with Crippen LogP contribution < -0.4 is 4.90 Å². The average Bonchev–Trinajstić information content (AvgIpc) is 2.39. The molecule has 0 spiro atoms. The van der Waals surface area contributed by atoms with Crippen LogP contribution in [0.15, 0.2) is 24.3 Å². The van der Waals surface area contributed by atoms with Crippen molar-refractivity contribution in [2.24, 2.45) is 0 Å². The van der Waals surface area contributed by atoms with Gasteiger partial charge in [0.1, 0.15) is 0 Å². The van der Waals surface area contributed by atoms with Gasteiger partial charge in [0, 0.05) is 35.9 Å². The zero-order chi connectivity index (χ0) is 12.5. The molecule has 0 aliphatic carbocycles. The van der Waals surface area contributed by atoms with E-state index in [2.05, 4.69) is 28.9 Å². The molecule has 2 saturated heterocycles. The number of hydrogen-bond acceptors (Lipinski definition) is 2. The van der Waals surface area contributed by atoms with Gasteiger partial charge in [-0.25, -0.2) is 0 Å². The molecule has 2 aliphatic rings.